The van der Waals surface area contributed by atoms with Crippen LogP contribution in [0.4, 0.5) is 0 Å². The second-order valence-electron chi connectivity index (χ2n) is 7.49. The van der Waals surface area contributed by atoms with E-state index in [1.165, 1.54) is 5.56 Å². The Hall–Kier alpha value is -3.02. The van der Waals surface area contributed by atoms with E-state index in [1.807, 2.05) is 43.3 Å². The fraction of sp³-hybridized carbons (Fsp3) is 0.417. The van der Waals surface area contributed by atoms with Crippen molar-refractivity contribution in [2.24, 2.45) is 0 Å². The van der Waals surface area contributed by atoms with Crippen LogP contribution in [-0.4, -0.2) is 37.0 Å². The van der Waals surface area contributed by atoms with Gasteiger partial charge < -0.3 is 19.7 Å². The van der Waals surface area contributed by atoms with Crippen molar-refractivity contribution in [1.82, 2.24) is 10.2 Å². The van der Waals surface area contributed by atoms with Crippen molar-refractivity contribution in [3.63, 3.8) is 0 Å². The maximum absolute atomic E-state index is 12.7. The molecule has 160 valence electrons. The normalized spacial score (nSPS) is 15.3. The van der Waals surface area contributed by atoms with Crippen molar-refractivity contribution in [3.8, 4) is 11.5 Å². The van der Waals surface area contributed by atoms with Crippen LogP contribution in [-0.2, 0) is 22.6 Å². The van der Waals surface area contributed by atoms with Gasteiger partial charge in [0, 0.05) is 20.0 Å². The number of carbonyl (C=O) groups excluding carboxylic acids is 2. The number of amides is 2. The molecule has 0 aromatic heterocycles. The van der Waals surface area contributed by atoms with E-state index >= 15 is 0 Å². The van der Waals surface area contributed by atoms with Crippen LogP contribution in [0.5, 0.6) is 11.5 Å². The van der Waals surface area contributed by atoms with E-state index in [9.17, 15) is 9.59 Å². The molecule has 3 rings (SSSR count). The molecule has 0 bridgehead atoms. The molecule has 0 saturated carbocycles. The minimum atomic E-state index is -0.230. The number of nitrogens with one attached hydrogen (secondary N) is 1. The van der Waals surface area contributed by atoms with Crippen molar-refractivity contribution in [2.75, 3.05) is 20.3 Å². The molecule has 0 aliphatic carbocycles. The predicted octanol–water partition coefficient (Wildman–Crippen LogP) is 3.64. The largest absolute Gasteiger partial charge is 0.493 e. The van der Waals surface area contributed by atoms with Crippen LogP contribution in [0.25, 0.3) is 0 Å². The number of benzene rings is 2. The summed E-state index contributed by atoms with van der Waals surface area (Å²) in [6.45, 7) is 5.27. The van der Waals surface area contributed by atoms with Crippen LogP contribution in [0, 0.1) is 0 Å². The number of rotatable bonds is 8. The fourth-order valence-electron chi connectivity index (χ4n) is 3.85. The van der Waals surface area contributed by atoms with E-state index in [4.69, 9.17) is 9.47 Å². The Balaban J connectivity index is 1.66. The molecule has 0 radical (unpaired) electrons. The number of methoxy groups -OCH3 is 1. The standard InChI is InChI=1S/C24H30N2O4/c1-4-13-30-22-10-9-18(14-23(22)29-3)16-25-24(28)15-21-20-8-6-5-7-19(20)11-12-26(21)17(2)27/h5-10,14,21H,4,11-13,15-16H2,1-3H3,(H,25,28). The molecular weight excluding hydrogens is 380 g/mol. The summed E-state index contributed by atoms with van der Waals surface area (Å²) in [5.74, 6) is 1.26. The summed E-state index contributed by atoms with van der Waals surface area (Å²) < 4.78 is 11.1. The Labute approximate surface area is 178 Å². The third kappa shape index (κ3) is 5.12. The summed E-state index contributed by atoms with van der Waals surface area (Å²) in [7, 11) is 1.60. The first-order valence-electron chi connectivity index (χ1n) is 10.4. The zero-order chi connectivity index (χ0) is 21.5. The number of fused-ring (bicyclic) bond motifs is 1. The highest BCUT2D eigenvalue weighted by atomic mass is 16.5. The zero-order valence-electron chi connectivity index (χ0n) is 17.9. The van der Waals surface area contributed by atoms with E-state index in [2.05, 4.69) is 11.4 Å². The molecule has 0 fully saturated rings. The summed E-state index contributed by atoms with van der Waals surface area (Å²) in [6.07, 6.45) is 1.98. The highest BCUT2D eigenvalue weighted by Crippen LogP contribution is 2.32. The Morgan fingerprint density at radius 2 is 1.97 bits per heavy atom. The maximum Gasteiger partial charge on any atom is 0.222 e. The summed E-state index contributed by atoms with van der Waals surface area (Å²) in [5.41, 5.74) is 3.20. The van der Waals surface area contributed by atoms with Crippen LogP contribution in [0.15, 0.2) is 42.5 Å². The lowest BCUT2D eigenvalue weighted by Gasteiger charge is -2.36. The third-order valence-electron chi connectivity index (χ3n) is 5.37. The van der Waals surface area contributed by atoms with Crippen molar-refractivity contribution in [2.45, 2.75) is 45.7 Å². The summed E-state index contributed by atoms with van der Waals surface area (Å²) in [5, 5.41) is 2.98. The molecule has 1 unspecified atom stereocenters. The van der Waals surface area contributed by atoms with Gasteiger partial charge in [0.1, 0.15) is 0 Å². The summed E-state index contributed by atoms with van der Waals surface area (Å²) in [6, 6.07) is 13.5. The molecule has 6 nitrogen and oxygen atoms in total. The van der Waals surface area contributed by atoms with E-state index in [0.29, 0.717) is 31.2 Å². The van der Waals surface area contributed by atoms with Crippen molar-refractivity contribution >= 4 is 11.8 Å². The minimum absolute atomic E-state index is 0.00490. The second-order valence-corrected chi connectivity index (χ2v) is 7.49. The molecule has 2 aromatic carbocycles. The first-order valence-corrected chi connectivity index (χ1v) is 10.4. The molecule has 1 aliphatic rings. The number of nitrogens with zero attached hydrogens (tertiary/aromatic N) is 1. The molecule has 1 N–H and O–H groups in total. The highest BCUT2D eigenvalue weighted by Gasteiger charge is 2.30. The van der Waals surface area contributed by atoms with Gasteiger partial charge in [-0.25, -0.2) is 0 Å². The fourth-order valence-corrected chi connectivity index (χ4v) is 3.85. The highest BCUT2D eigenvalue weighted by molar-refractivity contribution is 5.79. The Kier molecular flexibility index (Phi) is 7.33. The van der Waals surface area contributed by atoms with E-state index in [1.54, 1.807) is 18.9 Å². The Morgan fingerprint density at radius 3 is 2.70 bits per heavy atom. The molecule has 2 amide bonds. The first kappa shape index (κ1) is 21.7. The van der Waals surface area contributed by atoms with Gasteiger partial charge in [0.05, 0.1) is 26.2 Å². The molecule has 0 saturated heterocycles. The molecule has 1 atom stereocenters. The quantitative estimate of drug-likeness (QED) is 0.722. The first-order chi connectivity index (χ1) is 14.5. The number of hydrogen-bond donors (Lipinski definition) is 1. The zero-order valence-corrected chi connectivity index (χ0v) is 17.9. The lowest BCUT2D eigenvalue weighted by atomic mass is 9.90. The van der Waals surface area contributed by atoms with Crippen molar-refractivity contribution in [1.29, 1.82) is 0 Å². The van der Waals surface area contributed by atoms with E-state index in [-0.39, 0.29) is 24.3 Å². The predicted molar refractivity (Wildman–Crippen MR) is 116 cm³/mol. The average Bonchev–Trinajstić information content (AvgIpc) is 2.76. The van der Waals surface area contributed by atoms with E-state index < -0.39 is 0 Å². The number of hydrogen-bond acceptors (Lipinski definition) is 4. The van der Waals surface area contributed by atoms with Crippen molar-refractivity contribution in [3.05, 3.63) is 59.2 Å². The average molecular weight is 411 g/mol. The Morgan fingerprint density at radius 1 is 1.17 bits per heavy atom. The van der Waals surface area contributed by atoms with Crippen LogP contribution < -0.4 is 14.8 Å². The molecule has 2 aromatic rings. The SMILES string of the molecule is CCCOc1ccc(CNC(=O)CC2c3ccccc3CCN2C(C)=O)cc1OC. The molecular formula is C24H30N2O4. The van der Waals surface area contributed by atoms with Gasteiger partial charge in [-0.15, -0.1) is 0 Å². The maximum atomic E-state index is 12.7. The van der Waals surface area contributed by atoms with Crippen molar-refractivity contribution < 1.29 is 19.1 Å². The second kappa shape index (κ2) is 10.1. The third-order valence-corrected chi connectivity index (χ3v) is 5.37. The van der Waals surface area contributed by atoms with Gasteiger partial charge in [-0.3, -0.25) is 9.59 Å². The lowest BCUT2D eigenvalue weighted by Crippen LogP contribution is -2.41. The minimum Gasteiger partial charge on any atom is -0.493 e. The molecule has 1 heterocycles. The van der Waals surface area contributed by atoms with Crippen LogP contribution in [0.1, 0.15) is 49.4 Å². The molecule has 1 aliphatic heterocycles. The van der Waals surface area contributed by atoms with Crippen LogP contribution in [0.3, 0.4) is 0 Å². The van der Waals surface area contributed by atoms with Gasteiger partial charge in [0.25, 0.3) is 0 Å². The van der Waals surface area contributed by atoms with Gasteiger partial charge in [0.15, 0.2) is 11.5 Å². The lowest BCUT2D eigenvalue weighted by molar-refractivity contribution is -0.133. The summed E-state index contributed by atoms with van der Waals surface area (Å²) in [4.78, 5) is 26.6. The molecule has 6 heteroatoms. The van der Waals surface area contributed by atoms with Crippen LogP contribution in [0.2, 0.25) is 0 Å². The van der Waals surface area contributed by atoms with Gasteiger partial charge in [-0.2, -0.15) is 0 Å². The molecule has 0 spiro atoms. The smallest absolute Gasteiger partial charge is 0.222 e. The topological polar surface area (TPSA) is 67.9 Å². The van der Waals surface area contributed by atoms with Gasteiger partial charge in [-0.05, 0) is 41.7 Å². The Bertz CT molecular complexity index is 897. The van der Waals surface area contributed by atoms with E-state index in [0.717, 1.165) is 24.0 Å². The number of ether oxygens (including phenoxy) is 2. The number of carbonyl (C=O) groups is 2. The monoisotopic (exact) mass is 410 g/mol. The van der Waals surface area contributed by atoms with Crippen LogP contribution >= 0.6 is 0 Å². The molecule has 30 heavy (non-hydrogen) atoms. The van der Waals surface area contributed by atoms with Gasteiger partial charge >= 0.3 is 0 Å². The van der Waals surface area contributed by atoms with Gasteiger partial charge in [0.2, 0.25) is 11.8 Å². The van der Waals surface area contributed by atoms with Gasteiger partial charge in [-0.1, -0.05) is 37.3 Å². The summed E-state index contributed by atoms with van der Waals surface area (Å²) >= 11 is 0.